The average Bonchev–Trinajstić information content (AvgIpc) is 3.10. The van der Waals surface area contributed by atoms with Gasteiger partial charge in [0, 0.05) is 20.1 Å². The number of nitrogens with zero attached hydrogens (tertiary/aromatic N) is 3. The van der Waals surface area contributed by atoms with Crippen molar-refractivity contribution < 1.29 is 9.59 Å². The van der Waals surface area contributed by atoms with Gasteiger partial charge in [-0.1, -0.05) is 23.1 Å². The van der Waals surface area contributed by atoms with Gasteiger partial charge >= 0.3 is 0 Å². The zero-order chi connectivity index (χ0) is 14.5. The topological polar surface area (TPSA) is 87.2 Å². The van der Waals surface area contributed by atoms with Gasteiger partial charge < -0.3 is 15.5 Å². The van der Waals surface area contributed by atoms with E-state index in [1.54, 1.807) is 14.1 Å². The van der Waals surface area contributed by atoms with Crippen LogP contribution in [0.15, 0.2) is 4.34 Å². The Bertz CT molecular complexity index is 489. The molecule has 2 amide bonds. The summed E-state index contributed by atoms with van der Waals surface area (Å²) in [6, 6.07) is 0.321. The molecular formula is C11H17N5O2S2. The number of amides is 2. The molecule has 0 bridgehead atoms. The zero-order valence-corrected chi connectivity index (χ0v) is 13.0. The molecule has 7 nitrogen and oxygen atoms in total. The first-order valence-electron chi connectivity index (χ1n) is 6.26. The quantitative estimate of drug-likeness (QED) is 0.709. The number of carbonyl (C=O) groups excluding carboxylic acids is 2. The van der Waals surface area contributed by atoms with Gasteiger partial charge in [0.1, 0.15) is 0 Å². The summed E-state index contributed by atoms with van der Waals surface area (Å²) >= 11 is 2.73. The van der Waals surface area contributed by atoms with Crippen molar-refractivity contribution in [3.05, 3.63) is 0 Å². The van der Waals surface area contributed by atoms with Crippen LogP contribution in [0.2, 0.25) is 0 Å². The number of thioether (sulfide) groups is 1. The number of anilines is 1. The molecule has 1 heterocycles. The van der Waals surface area contributed by atoms with Gasteiger partial charge in [0.25, 0.3) is 0 Å². The summed E-state index contributed by atoms with van der Waals surface area (Å²) in [5.74, 6) is 0.0647. The Morgan fingerprint density at radius 1 is 1.45 bits per heavy atom. The molecule has 0 unspecified atom stereocenters. The van der Waals surface area contributed by atoms with Gasteiger partial charge in [-0.05, 0) is 12.8 Å². The fourth-order valence-corrected chi connectivity index (χ4v) is 3.05. The van der Waals surface area contributed by atoms with E-state index in [0.717, 1.165) is 22.3 Å². The lowest BCUT2D eigenvalue weighted by molar-refractivity contribution is -0.132. The van der Waals surface area contributed by atoms with Crippen molar-refractivity contribution in [2.75, 3.05) is 31.7 Å². The smallest absolute Gasteiger partial charge is 0.239 e. The third-order valence-electron chi connectivity index (χ3n) is 2.69. The third kappa shape index (κ3) is 4.64. The molecular weight excluding hydrogens is 298 g/mol. The van der Waals surface area contributed by atoms with Crippen molar-refractivity contribution in [3.8, 4) is 0 Å². The molecule has 0 spiro atoms. The predicted octanol–water partition coefficient (Wildman–Crippen LogP) is 0.409. The fourth-order valence-electron chi connectivity index (χ4n) is 1.41. The van der Waals surface area contributed by atoms with Crippen molar-refractivity contribution >= 4 is 40.0 Å². The predicted molar refractivity (Wildman–Crippen MR) is 79.0 cm³/mol. The van der Waals surface area contributed by atoms with Crippen LogP contribution in [0.3, 0.4) is 0 Å². The second-order valence-corrected chi connectivity index (χ2v) is 6.70. The van der Waals surface area contributed by atoms with E-state index < -0.39 is 0 Å². The van der Waals surface area contributed by atoms with E-state index in [4.69, 9.17) is 0 Å². The van der Waals surface area contributed by atoms with Gasteiger partial charge in [0.2, 0.25) is 16.9 Å². The highest BCUT2D eigenvalue weighted by Crippen LogP contribution is 2.25. The molecule has 110 valence electrons. The van der Waals surface area contributed by atoms with E-state index in [9.17, 15) is 9.59 Å². The van der Waals surface area contributed by atoms with Gasteiger partial charge in [-0.3, -0.25) is 9.59 Å². The molecule has 1 aromatic heterocycles. The molecule has 0 radical (unpaired) electrons. The van der Waals surface area contributed by atoms with Crippen LogP contribution in [0.5, 0.6) is 0 Å². The second kappa shape index (κ2) is 6.89. The van der Waals surface area contributed by atoms with Crippen LogP contribution < -0.4 is 10.6 Å². The van der Waals surface area contributed by atoms with Crippen LogP contribution in [0.25, 0.3) is 0 Å². The zero-order valence-electron chi connectivity index (χ0n) is 11.4. The number of carbonyl (C=O) groups is 2. The maximum absolute atomic E-state index is 11.9. The van der Waals surface area contributed by atoms with Crippen molar-refractivity contribution in [2.45, 2.75) is 23.2 Å². The minimum Gasteiger partial charge on any atom is -0.363 e. The molecule has 1 aliphatic rings. The Labute approximate surface area is 125 Å². The van der Waals surface area contributed by atoms with Gasteiger partial charge in [-0.15, -0.1) is 10.2 Å². The Kier molecular flexibility index (Phi) is 5.18. The summed E-state index contributed by atoms with van der Waals surface area (Å²) in [6.07, 6.45) is 2.09. The van der Waals surface area contributed by atoms with Crippen molar-refractivity contribution in [1.29, 1.82) is 0 Å². The van der Waals surface area contributed by atoms with Gasteiger partial charge in [-0.2, -0.15) is 0 Å². The molecule has 20 heavy (non-hydrogen) atoms. The van der Waals surface area contributed by atoms with E-state index >= 15 is 0 Å². The molecule has 1 aromatic rings. The summed E-state index contributed by atoms with van der Waals surface area (Å²) in [5.41, 5.74) is 0. The monoisotopic (exact) mass is 315 g/mol. The summed E-state index contributed by atoms with van der Waals surface area (Å²) in [6.45, 7) is 0.105. The van der Waals surface area contributed by atoms with E-state index in [1.165, 1.54) is 28.0 Å². The van der Waals surface area contributed by atoms with Crippen molar-refractivity contribution in [1.82, 2.24) is 20.4 Å². The number of likely N-dealkylation sites (N-methyl/N-ethyl adjacent to an activating group) is 1. The summed E-state index contributed by atoms with van der Waals surface area (Å²) < 4.78 is 0.735. The number of hydrogen-bond donors (Lipinski definition) is 2. The van der Waals surface area contributed by atoms with E-state index in [0.29, 0.717) is 6.04 Å². The van der Waals surface area contributed by atoms with E-state index in [1.807, 2.05) is 0 Å². The SMILES string of the molecule is CNc1nnc(SCC(=O)N(C)CC(=O)NC2CC2)s1. The van der Waals surface area contributed by atoms with Gasteiger partial charge in [-0.25, -0.2) is 0 Å². The van der Waals surface area contributed by atoms with Gasteiger partial charge in [0.05, 0.1) is 12.3 Å². The van der Waals surface area contributed by atoms with Crippen LogP contribution in [0.1, 0.15) is 12.8 Å². The Hall–Kier alpha value is -1.35. The highest BCUT2D eigenvalue weighted by atomic mass is 32.2. The number of nitrogens with one attached hydrogen (secondary N) is 2. The molecule has 1 fully saturated rings. The lowest BCUT2D eigenvalue weighted by Gasteiger charge is -2.16. The fraction of sp³-hybridized carbons (Fsp3) is 0.636. The molecule has 0 atom stereocenters. The highest BCUT2D eigenvalue weighted by Gasteiger charge is 2.24. The second-order valence-electron chi connectivity index (χ2n) is 4.50. The molecule has 0 saturated heterocycles. The maximum atomic E-state index is 11.9. The lowest BCUT2D eigenvalue weighted by Crippen LogP contribution is -2.39. The first-order chi connectivity index (χ1) is 9.58. The molecule has 2 N–H and O–H groups in total. The average molecular weight is 315 g/mol. The number of hydrogen-bond acceptors (Lipinski definition) is 7. The first-order valence-corrected chi connectivity index (χ1v) is 8.06. The normalized spacial score (nSPS) is 13.9. The van der Waals surface area contributed by atoms with Gasteiger partial charge in [0.15, 0.2) is 4.34 Å². The largest absolute Gasteiger partial charge is 0.363 e. The molecule has 2 rings (SSSR count). The Morgan fingerprint density at radius 2 is 2.20 bits per heavy atom. The number of aromatic nitrogens is 2. The van der Waals surface area contributed by atoms with E-state index in [2.05, 4.69) is 20.8 Å². The van der Waals surface area contributed by atoms with Crippen LogP contribution in [-0.2, 0) is 9.59 Å². The minimum atomic E-state index is -0.0956. The molecule has 0 aromatic carbocycles. The molecule has 1 aliphatic carbocycles. The van der Waals surface area contributed by atoms with E-state index in [-0.39, 0.29) is 24.1 Å². The van der Waals surface area contributed by atoms with Crippen LogP contribution in [0, 0.1) is 0 Å². The lowest BCUT2D eigenvalue weighted by atomic mass is 10.5. The minimum absolute atomic E-state index is 0.0952. The summed E-state index contributed by atoms with van der Waals surface area (Å²) in [7, 11) is 3.40. The Morgan fingerprint density at radius 3 is 2.80 bits per heavy atom. The third-order valence-corrected chi connectivity index (χ3v) is 4.75. The Balaban J connectivity index is 1.71. The van der Waals surface area contributed by atoms with Crippen LogP contribution >= 0.6 is 23.1 Å². The standard InChI is InChI=1S/C11H17N5O2S2/c1-12-10-14-15-11(20-10)19-6-9(18)16(2)5-8(17)13-7-3-4-7/h7H,3-6H2,1-2H3,(H,12,14)(H,13,17). The molecule has 1 saturated carbocycles. The highest BCUT2D eigenvalue weighted by molar-refractivity contribution is 8.01. The van der Waals surface area contributed by atoms with Crippen LogP contribution in [-0.4, -0.2) is 59.3 Å². The van der Waals surface area contributed by atoms with Crippen LogP contribution in [0.4, 0.5) is 5.13 Å². The summed E-state index contributed by atoms with van der Waals surface area (Å²) in [4.78, 5) is 24.9. The maximum Gasteiger partial charge on any atom is 0.239 e. The molecule has 9 heteroatoms. The van der Waals surface area contributed by atoms with Crippen molar-refractivity contribution in [3.63, 3.8) is 0 Å². The first kappa shape index (κ1) is 15.0. The summed E-state index contributed by atoms with van der Waals surface area (Å²) in [5, 5.41) is 14.3. The molecule has 0 aliphatic heterocycles. The number of rotatable bonds is 7. The van der Waals surface area contributed by atoms with Crippen molar-refractivity contribution in [2.24, 2.45) is 0 Å².